The van der Waals surface area contributed by atoms with Gasteiger partial charge in [-0.2, -0.15) is 4.57 Å². The van der Waals surface area contributed by atoms with Gasteiger partial charge >= 0.3 is 0 Å². The predicted octanol–water partition coefficient (Wildman–Crippen LogP) is 4.00. The van der Waals surface area contributed by atoms with E-state index in [1.165, 1.54) is 75.0 Å². The lowest BCUT2D eigenvalue weighted by molar-refractivity contribution is -0.596. The van der Waals surface area contributed by atoms with Crippen LogP contribution in [0.5, 0.6) is 0 Å². The Morgan fingerprint density at radius 3 is 2.59 bits per heavy atom. The van der Waals surface area contributed by atoms with E-state index in [0.717, 1.165) is 5.92 Å². The number of rotatable bonds is 4. The Morgan fingerprint density at radius 2 is 1.81 bits per heavy atom. The van der Waals surface area contributed by atoms with Gasteiger partial charge in [0, 0.05) is 36.3 Å². The average molecular weight is 365 g/mol. The van der Waals surface area contributed by atoms with Crippen molar-refractivity contribution in [2.75, 3.05) is 33.7 Å². The number of benzene rings is 1. The minimum atomic E-state index is 0.564. The van der Waals surface area contributed by atoms with Gasteiger partial charge in [0.15, 0.2) is 12.4 Å². The zero-order chi connectivity index (χ0) is 18.6. The van der Waals surface area contributed by atoms with Crippen LogP contribution in [0.3, 0.4) is 0 Å². The van der Waals surface area contributed by atoms with Crippen LogP contribution in [-0.2, 0) is 6.42 Å². The Balaban J connectivity index is 1.46. The van der Waals surface area contributed by atoms with Crippen molar-refractivity contribution in [2.24, 2.45) is 5.92 Å². The average Bonchev–Trinajstić information content (AvgIpc) is 2.69. The topological polar surface area (TPSA) is 10.4 Å². The van der Waals surface area contributed by atoms with E-state index in [4.69, 9.17) is 0 Å². The van der Waals surface area contributed by atoms with Crippen molar-refractivity contribution in [3.05, 3.63) is 59.9 Å². The standard InChI is InChI=1S/C24H34N3/c1-25-14-5-7-21(18-25)17-20-10-12-23(13-11-20)27-16-6-8-22(19-27)24-9-3-4-15-26(24)2/h6,8,10-13,16,19,21,24H,3-5,7,9,14-15,17-18H2,1-2H3/q+1. The van der Waals surface area contributed by atoms with Crippen LogP contribution in [0.4, 0.5) is 0 Å². The molecule has 2 fully saturated rings. The molecule has 3 heterocycles. The van der Waals surface area contributed by atoms with Gasteiger partial charge in [-0.15, -0.1) is 0 Å². The van der Waals surface area contributed by atoms with E-state index >= 15 is 0 Å². The number of nitrogens with zero attached hydrogens (tertiary/aromatic N) is 3. The number of pyridine rings is 1. The lowest BCUT2D eigenvalue weighted by atomic mass is 9.91. The second-order valence-electron chi connectivity index (χ2n) is 8.68. The highest BCUT2D eigenvalue weighted by molar-refractivity contribution is 5.28. The van der Waals surface area contributed by atoms with Crippen molar-refractivity contribution in [3.63, 3.8) is 0 Å². The molecule has 4 rings (SSSR count). The van der Waals surface area contributed by atoms with Gasteiger partial charge in [-0.3, -0.25) is 4.90 Å². The fourth-order valence-corrected chi connectivity index (χ4v) is 4.92. The van der Waals surface area contributed by atoms with E-state index in [0.29, 0.717) is 6.04 Å². The largest absolute Gasteiger partial charge is 0.306 e. The molecule has 0 N–H and O–H groups in total. The van der Waals surface area contributed by atoms with Gasteiger partial charge in [0.1, 0.15) is 0 Å². The molecule has 27 heavy (non-hydrogen) atoms. The fourth-order valence-electron chi connectivity index (χ4n) is 4.92. The van der Waals surface area contributed by atoms with Crippen molar-refractivity contribution in [3.8, 4) is 5.69 Å². The Labute approximate surface area is 164 Å². The van der Waals surface area contributed by atoms with Crippen LogP contribution in [-0.4, -0.2) is 43.5 Å². The van der Waals surface area contributed by atoms with Crippen molar-refractivity contribution in [2.45, 2.75) is 44.6 Å². The number of piperidine rings is 2. The monoisotopic (exact) mass is 364 g/mol. The Bertz CT molecular complexity index is 740. The van der Waals surface area contributed by atoms with Gasteiger partial charge in [-0.1, -0.05) is 18.6 Å². The van der Waals surface area contributed by atoms with Gasteiger partial charge < -0.3 is 4.90 Å². The molecule has 1 aromatic carbocycles. The number of likely N-dealkylation sites (tertiary alicyclic amines) is 2. The van der Waals surface area contributed by atoms with E-state index in [1.54, 1.807) is 0 Å². The first-order valence-corrected chi connectivity index (χ1v) is 10.7. The van der Waals surface area contributed by atoms with Crippen LogP contribution in [0.25, 0.3) is 5.69 Å². The Hall–Kier alpha value is -1.71. The van der Waals surface area contributed by atoms with E-state index in [9.17, 15) is 0 Å². The number of hydrogen-bond acceptors (Lipinski definition) is 2. The normalized spacial score (nSPS) is 24.8. The van der Waals surface area contributed by atoms with E-state index in [-0.39, 0.29) is 0 Å². The minimum absolute atomic E-state index is 0.564. The summed E-state index contributed by atoms with van der Waals surface area (Å²) in [4.78, 5) is 4.99. The van der Waals surface area contributed by atoms with Crippen molar-refractivity contribution >= 4 is 0 Å². The summed E-state index contributed by atoms with van der Waals surface area (Å²) in [5.74, 6) is 0.812. The smallest absolute Gasteiger partial charge is 0.210 e. The molecule has 0 radical (unpaired) electrons. The molecular formula is C24H34N3+. The zero-order valence-corrected chi connectivity index (χ0v) is 17.0. The molecule has 2 aliphatic heterocycles. The summed E-state index contributed by atoms with van der Waals surface area (Å²) >= 11 is 0. The molecule has 2 aromatic rings. The van der Waals surface area contributed by atoms with Crippen molar-refractivity contribution in [1.82, 2.24) is 9.80 Å². The molecule has 2 unspecified atom stereocenters. The first-order valence-electron chi connectivity index (χ1n) is 10.7. The van der Waals surface area contributed by atoms with Crippen molar-refractivity contribution in [1.29, 1.82) is 0 Å². The summed E-state index contributed by atoms with van der Waals surface area (Å²) in [6, 6.07) is 14.3. The fraction of sp³-hybridized carbons (Fsp3) is 0.542. The summed E-state index contributed by atoms with van der Waals surface area (Å²) in [5, 5.41) is 0. The van der Waals surface area contributed by atoms with Crippen LogP contribution in [0.1, 0.15) is 49.3 Å². The summed E-state index contributed by atoms with van der Waals surface area (Å²) in [7, 11) is 4.52. The third-order valence-corrected chi connectivity index (χ3v) is 6.46. The molecule has 0 saturated carbocycles. The second-order valence-corrected chi connectivity index (χ2v) is 8.68. The molecule has 2 saturated heterocycles. The third kappa shape index (κ3) is 4.59. The van der Waals surface area contributed by atoms with E-state index < -0.39 is 0 Å². The molecule has 0 aliphatic carbocycles. The summed E-state index contributed by atoms with van der Waals surface area (Å²) in [5.41, 5.74) is 4.18. The second kappa shape index (κ2) is 8.53. The molecule has 0 amide bonds. The quantitative estimate of drug-likeness (QED) is 0.759. The van der Waals surface area contributed by atoms with Crippen molar-refractivity contribution < 1.29 is 4.57 Å². The van der Waals surface area contributed by atoms with Gasteiger partial charge in [-0.05, 0) is 76.8 Å². The number of aromatic nitrogens is 1. The highest BCUT2D eigenvalue weighted by atomic mass is 15.1. The molecule has 2 atom stereocenters. The highest BCUT2D eigenvalue weighted by Crippen LogP contribution is 2.28. The molecule has 1 aromatic heterocycles. The predicted molar refractivity (Wildman–Crippen MR) is 111 cm³/mol. The highest BCUT2D eigenvalue weighted by Gasteiger charge is 2.23. The van der Waals surface area contributed by atoms with Crippen LogP contribution in [0.2, 0.25) is 0 Å². The summed E-state index contributed by atoms with van der Waals surface area (Å²) in [6.07, 6.45) is 12.4. The minimum Gasteiger partial charge on any atom is -0.306 e. The molecule has 144 valence electrons. The Kier molecular flexibility index (Phi) is 5.89. The molecular weight excluding hydrogens is 330 g/mol. The van der Waals surface area contributed by atoms with Crippen LogP contribution < -0.4 is 4.57 Å². The van der Waals surface area contributed by atoms with E-state index in [1.807, 2.05) is 0 Å². The molecule has 0 bridgehead atoms. The molecule has 3 nitrogen and oxygen atoms in total. The van der Waals surface area contributed by atoms with Gasteiger partial charge in [0.2, 0.25) is 5.69 Å². The van der Waals surface area contributed by atoms with Crippen LogP contribution >= 0.6 is 0 Å². The SMILES string of the molecule is CN1CCCC(Cc2ccc(-[n+]3cccc(C4CCCCN4C)c3)cc2)C1. The first-order chi connectivity index (χ1) is 13.2. The molecule has 0 spiro atoms. The zero-order valence-electron chi connectivity index (χ0n) is 17.0. The van der Waals surface area contributed by atoms with Gasteiger partial charge in [0.05, 0.1) is 0 Å². The lowest BCUT2D eigenvalue weighted by Crippen LogP contribution is -2.34. The first kappa shape index (κ1) is 18.6. The molecule has 2 aliphatic rings. The maximum Gasteiger partial charge on any atom is 0.210 e. The van der Waals surface area contributed by atoms with Gasteiger partial charge in [0.25, 0.3) is 0 Å². The Morgan fingerprint density at radius 1 is 0.963 bits per heavy atom. The molecule has 3 heteroatoms. The van der Waals surface area contributed by atoms with Gasteiger partial charge in [-0.25, -0.2) is 0 Å². The summed E-state index contributed by atoms with van der Waals surface area (Å²) < 4.78 is 2.29. The van der Waals surface area contributed by atoms with Crippen LogP contribution in [0, 0.1) is 5.92 Å². The lowest BCUT2D eigenvalue weighted by Gasteiger charge is -2.31. The van der Waals surface area contributed by atoms with E-state index in [2.05, 4.69) is 77.3 Å². The number of hydrogen-bond donors (Lipinski definition) is 0. The van der Waals surface area contributed by atoms with Crippen LogP contribution in [0.15, 0.2) is 48.8 Å². The third-order valence-electron chi connectivity index (χ3n) is 6.46. The maximum absolute atomic E-state index is 2.51. The maximum atomic E-state index is 2.51. The summed E-state index contributed by atoms with van der Waals surface area (Å²) in [6.45, 7) is 3.72.